The Morgan fingerprint density at radius 1 is 1.00 bits per heavy atom. The predicted molar refractivity (Wildman–Crippen MR) is 61.5 cm³/mol. The van der Waals surface area contributed by atoms with Gasteiger partial charge >= 0.3 is 46.1 Å². The van der Waals surface area contributed by atoms with E-state index in [0.717, 1.165) is 10.9 Å². The molecule has 0 radical (unpaired) electrons. The van der Waals surface area contributed by atoms with E-state index in [1.54, 1.807) is 0 Å². The Bertz CT molecular complexity index is 287. The number of para-hydroxylation sites is 1. The van der Waals surface area contributed by atoms with Crippen molar-refractivity contribution in [2.45, 2.75) is 0 Å². The molecule has 0 saturated carbocycles. The van der Waals surface area contributed by atoms with E-state index in [1.165, 1.54) is 0 Å². The summed E-state index contributed by atoms with van der Waals surface area (Å²) >= 11 is 0. The largest absolute Gasteiger partial charge is 2.00 e. The summed E-state index contributed by atoms with van der Waals surface area (Å²) in [5.74, 6) is 0. The molecule has 0 fully saturated rings. The van der Waals surface area contributed by atoms with Crippen LogP contribution in [0.1, 0.15) is 0 Å². The zero-order chi connectivity index (χ0) is 6.10. The monoisotopic (exact) mass is 194 g/mol. The van der Waals surface area contributed by atoms with Gasteiger partial charge in [-0.05, 0) is 0 Å². The minimum absolute atomic E-state index is 0. The van der Waals surface area contributed by atoms with Gasteiger partial charge in [-0.1, -0.05) is 23.8 Å². The van der Waals surface area contributed by atoms with Crippen LogP contribution in [0.2, 0.25) is 0 Å². The number of nitrogens with one attached hydrogen (secondary N) is 1. The van der Waals surface area contributed by atoms with Crippen LogP contribution in [0.25, 0.3) is 10.9 Å². The predicted octanol–water partition coefficient (Wildman–Crippen LogP) is 2.11. The first-order valence-electron chi connectivity index (χ1n) is 2.90. The van der Waals surface area contributed by atoms with Crippen LogP contribution in [0.15, 0.2) is 30.5 Å². The second kappa shape index (κ2) is 8.87. The molecule has 1 heterocycles. The van der Waals surface area contributed by atoms with Crippen LogP contribution in [-0.2, 0) is 0 Å². The van der Waals surface area contributed by atoms with Gasteiger partial charge in [0, 0.05) is 0 Å². The number of aromatic nitrogens is 1. The van der Waals surface area contributed by atoms with Crippen molar-refractivity contribution in [3.8, 4) is 0 Å². The van der Waals surface area contributed by atoms with Gasteiger partial charge in [-0.2, -0.15) is 17.5 Å². The second-order valence-corrected chi connectivity index (χ2v) is 1.98. The van der Waals surface area contributed by atoms with Crippen LogP contribution in [0.4, 0.5) is 0 Å². The number of hydrogen-bond donors (Lipinski definition) is 1. The molecule has 0 aliphatic carbocycles. The minimum atomic E-state index is 0. The van der Waals surface area contributed by atoms with Gasteiger partial charge in [0.1, 0.15) is 0 Å². The molecule has 0 unspecified atom stereocenters. The maximum absolute atomic E-state index is 3.06. The number of rotatable bonds is 0. The number of aromatic amines is 1. The zero-order valence-electron chi connectivity index (χ0n) is 8.30. The van der Waals surface area contributed by atoms with Crippen molar-refractivity contribution in [2.24, 2.45) is 0 Å². The molecule has 1 N–H and O–H groups in total. The summed E-state index contributed by atoms with van der Waals surface area (Å²) in [4.78, 5) is 3.06. The molecule has 1 aromatic carbocycles. The summed E-state index contributed by atoms with van der Waals surface area (Å²) in [5, 5.41) is 1.15. The summed E-state index contributed by atoms with van der Waals surface area (Å²) in [6, 6.07) is 11.1. The molecule has 2 rings (SSSR count). The smallest absolute Gasteiger partial charge is 0.424 e. The van der Waals surface area contributed by atoms with E-state index < -0.39 is 0 Å². The molecule has 0 saturated heterocycles. The molecule has 60 valence electrons. The van der Waals surface area contributed by atoms with Crippen molar-refractivity contribution in [1.29, 1.82) is 0 Å². The normalized spacial score (nSPS) is 7.08. The molecule has 1 aromatic heterocycles. The van der Waals surface area contributed by atoms with Gasteiger partial charge in [-0.25, -0.2) is 0 Å². The van der Waals surface area contributed by atoms with Crippen molar-refractivity contribution < 1.29 is 0 Å². The average molecular weight is 195 g/mol. The molecule has 1 nitrogen and oxygen atoms in total. The number of benzene rings is 1. The minimum Gasteiger partial charge on any atom is -0.424 e. The number of H-pyrrole nitrogens is 1. The fourth-order valence-corrected chi connectivity index (χ4v) is 0.926. The molecule has 3 heteroatoms. The van der Waals surface area contributed by atoms with Crippen molar-refractivity contribution >= 4 is 57.0 Å². The number of hydrogen-bond acceptors (Lipinski definition) is 0. The first kappa shape index (κ1) is 19.0. The van der Waals surface area contributed by atoms with E-state index in [-0.39, 0.29) is 61.0 Å². The van der Waals surface area contributed by atoms with Gasteiger partial charge in [0.2, 0.25) is 0 Å². The molecule has 0 aliphatic rings. The van der Waals surface area contributed by atoms with E-state index in [0.29, 0.717) is 0 Å². The van der Waals surface area contributed by atoms with E-state index in [9.17, 15) is 0 Å². The maximum atomic E-state index is 3.06. The van der Waals surface area contributed by atoms with Gasteiger partial charge in [0.15, 0.2) is 0 Å². The second-order valence-electron chi connectivity index (χ2n) is 1.98. The molecular weight excluding hydrogens is 183 g/mol. The van der Waals surface area contributed by atoms with Crippen molar-refractivity contribution in [1.82, 2.24) is 4.98 Å². The van der Waals surface area contributed by atoms with Crippen molar-refractivity contribution in [3.05, 3.63) is 51.4 Å². The third-order valence-electron chi connectivity index (χ3n) is 1.38. The standard InChI is InChI=1S/C8H6N.2CH3.2Mg/c1-2-4-8-7(3-1)5-6-9-8;;;;/h1-4,6,9H;2*1H3;;/q3*-1;2*+2. The average Bonchev–Trinajstić information content (AvgIpc) is 2.33. The summed E-state index contributed by atoms with van der Waals surface area (Å²) in [6.45, 7) is 0. The van der Waals surface area contributed by atoms with E-state index >= 15 is 0 Å². The molecule has 0 amide bonds. The third-order valence-corrected chi connectivity index (χ3v) is 1.38. The van der Waals surface area contributed by atoms with Crippen molar-refractivity contribution in [2.75, 3.05) is 0 Å². The molecule has 0 spiro atoms. The van der Waals surface area contributed by atoms with Gasteiger partial charge in [-0.15, -0.1) is 6.07 Å². The fourth-order valence-electron chi connectivity index (χ4n) is 0.926. The molecule has 2 aromatic rings. The fraction of sp³-hybridized carbons (Fsp3) is 0. The first-order chi connectivity index (χ1) is 4.47. The quantitative estimate of drug-likeness (QED) is 0.489. The number of fused-ring (bicyclic) bond motifs is 1. The third kappa shape index (κ3) is 4.35. The van der Waals surface area contributed by atoms with Gasteiger partial charge < -0.3 is 19.8 Å². The SMILES string of the molecule is [CH3-].[CH3-].[Mg+2].[Mg+2].[c-]1c[nH]c2ccccc12. The molecular formula is C10H12Mg2N+. The maximum Gasteiger partial charge on any atom is 2.00 e. The van der Waals surface area contributed by atoms with Crippen LogP contribution in [0.3, 0.4) is 0 Å². The van der Waals surface area contributed by atoms with Crippen LogP contribution in [-0.4, -0.2) is 51.1 Å². The molecule has 13 heavy (non-hydrogen) atoms. The van der Waals surface area contributed by atoms with Gasteiger partial charge in [0.05, 0.1) is 0 Å². The Hall–Kier alpha value is 0.292. The zero-order valence-corrected chi connectivity index (χ0v) is 11.1. The summed E-state index contributed by atoms with van der Waals surface area (Å²) in [7, 11) is 0. The van der Waals surface area contributed by atoms with Crippen LogP contribution >= 0.6 is 0 Å². The summed E-state index contributed by atoms with van der Waals surface area (Å²) in [6.07, 6.45) is 1.82. The molecule has 0 bridgehead atoms. The Morgan fingerprint density at radius 2 is 1.62 bits per heavy atom. The van der Waals surface area contributed by atoms with E-state index in [4.69, 9.17) is 0 Å². The van der Waals surface area contributed by atoms with E-state index in [2.05, 4.69) is 11.1 Å². The van der Waals surface area contributed by atoms with Gasteiger partial charge in [0.25, 0.3) is 0 Å². The summed E-state index contributed by atoms with van der Waals surface area (Å²) in [5.41, 5.74) is 1.15. The first-order valence-corrected chi connectivity index (χ1v) is 2.90. The summed E-state index contributed by atoms with van der Waals surface area (Å²) < 4.78 is 0. The topological polar surface area (TPSA) is 15.8 Å². The Kier molecular flexibility index (Phi) is 12.9. The van der Waals surface area contributed by atoms with Crippen LogP contribution < -0.4 is 0 Å². The van der Waals surface area contributed by atoms with E-state index in [1.807, 2.05) is 30.5 Å². The van der Waals surface area contributed by atoms with Gasteiger partial charge in [-0.3, -0.25) is 0 Å². The van der Waals surface area contributed by atoms with Crippen LogP contribution in [0.5, 0.6) is 0 Å². The Labute approximate surface area is 113 Å². The Morgan fingerprint density at radius 3 is 2.23 bits per heavy atom. The molecule has 0 aliphatic heterocycles. The van der Waals surface area contributed by atoms with Crippen LogP contribution in [0, 0.1) is 20.9 Å². The Balaban J connectivity index is -0.000000250. The molecule has 0 atom stereocenters. The van der Waals surface area contributed by atoms with Crippen molar-refractivity contribution in [3.63, 3.8) is 0 Å².